The smallest absolute Gasteiger partial charge is 0.236 e. The molecule has 0 radical (unpaired) electrons. The SMILES string of the molecule is C=C1Nc2ncnn2C(c2ccc(Cl)cc2)C1C(=O)Nc1cccnc1. The molecule has 130 valence electrons. The average Bonchev–Trinajstić information content (AvgIpc) is 3.10. The van der Waals surface area contributed by atoms with E-state index in [1.165, 1.54) is 6.33 Å². The van der Waals surface area contributed by atoms with Crippen LogP contribution in [0.3, 0.4) is 0 Å². The van der Waals surface area contributed by atoms with Crippen molar-refractivity contribution in [3.8, 4) is 0 Å². The average molecular weight is 367 g/mol. The van der Waals surface area contributed by atoms with Gasteiger partial charge >= 0.3 is 0 Å². The van der Waals surface area contributed by atoms with Gasteiger partial charge in [0.15, 0.2) is 0 Å². The van der Waals surface area contributed by atoms with Crippen LogP contribution >= 0.6 is 11.6 Å². The zero-order valence-corrected chi connectivity index (χ0v) is 14.4. The maximum absolute atomic E-state index is 13.0. The van der Waals surface area contributed by atoms with E-state index in [1.807, 2.05) is 12.1 Å². The molecule has 0 saturated carbocycles. The molecule has 3 heterocycles. The minimum Gasteiger partial charge on any atom is -0.328 e. The number of rotatable bonds is 3. The van der Waals surface area contributed by atoms with Gasteiger partial charge in [-0.1, -0.05) is 30.3 Å². The third kappa shape index (κ3) is 2.93. The maximum Gasteiger partial charge on any atom is 0.236 e. The number of nitrogens with zero attached hydrogens (tertiary/aromatic N) is 4. The number of fused-ring (bicyclic) bond motifs is 1. The Morgan fingerprint density at radius 3 is 2.81 bits per heavy atom. The Morgan fingerprint density at radius 1 is 1.27 bits per heavy atom. The van der Waals surface area contributed by atoms with E-state index in [4.69, 9.17) is 11.6 Å². The van der Waals surface area contributed by atoms with Crippen molar-refractivity contribution in [3.05, 3.63) is 78.0 Å². The predicted molar refractivity (Wildman–Crippen MR) is 98.7 cm³/mol. The third-order valence-corrected chi connectivity index (χ3v) is 4.48. The molecule has 2 unspecified atom stereocenters. The first-order valence-corrected chi connectivity index (χ1v) is 8.33. The van der Waals surface area contributed by atoms with Gasteiger partial charge in [0.05, 0.1) is 17.9 Å². The summed E-state index contributed by atoms with van der Waals surface area (Å²) in [6.45, 7) is 4.04. The fraction of sp³-hybridized carbons (Fsp3) is 0.111. The van der Waals surface area contributed by atoms with Crippen LogP contribution in [0.1, 0.15) is 11.6 Å². The number of pyridine rings is 1. The number of anilines is 2. The van der Waals surface area contributed by atoms with Crippen LogP contribution in [0.4, 0.5) is 11.6 Å². The number of carbonyl (C=O) groups is 1. The van der Waals surface area contributed by atoms with Gasteiger partial charge in [-0.15, -0.1) is 0 Å². The van der Waals surface area contributed by atoms with Crippen molar-refractivity contribution in [3.63, 3.8) is 0 Å². The van der Waals surface area contributed by atoms with Crippen molar-refractivity contribution >= 4 is 29.1 Å². The molecule has 1 aliphatic heterocycles. The fourth-order valence-corrected chi connectivity index (χ4v) is 3.17. The molecule has 0 spiro atoms. The first kappa shape index (κ1) is 16.3. The van der Waals surface area contributed by atoms with Gasteiger partial charge in [-0.05, 0) is 29.8 Å². The van der Waals surface area contributed by atoms with E-state index >= 15 is 0 Å². The van der Waals surface area contributed by atoms with E-state index in [0.717, 1.165) is 5.56 Å². The molecule has 0 bridgehead atoms. The van der Waals surface area contributed by atoms with Crippen molar-refractivity contribution in [1.82, 2.24) is 19.7 Å². The van der Waals surface area contributed by atoms with Crippen LogP contribution in [0.25, 0.3) is 0 Å². The van der Waals surface area contributed by atoms with E-state index in [-0.39, 0.29) is 5.91 Å². The van der Waals surface area contributed by atoms with Gasteiger partial charge in [-0.2, -0.15) is 10.1 Å². The monoisotopic (exact) mass is 366 g/mol. The van der Waals surface area contributed by atoms with Gasteiger partial charge < -0.3 is 10.6 Å². The Labute approximate surface area is 154 Å². The van der Waals surface area contributed by atoms with E-state index < -0.39 is 12.0 Å². The summed E-state index contributed by atoms with van der Waals surface area (Å²) in [6.07, 6.45) is 4.68. The van der Waals surface area contributed by atoms with Gasteiger partial charge in [0, 0.05) is 16.9 Å². The zero-order valence-electron chi connectivity index (χ0n) is 13.6. The molecule has 1 aliphatic rings. The molecule has 26 heavy (non-hydrogen) atoms. The molecule has 2 N–H and O–H groups in total. The summed E-state index contributed by atoms with van der Waals surface area (Å²) in [6, 6.07) is 10.5. The van der Waals surface area contributed by atoms with Crippen LogP contribution in [0.15, 0.2) is 67.4 Å². The molecule has 3 aromatic rings. The summed E-state index contributed by atoms with van der Waals surface area (Å²) in [7, 11) is 0. The highest BCUT2D eigenvalue weighted by Crippen LogP contribution is 2.37. The lowest BCUT2D eigenvalue weighted by molar-refractivity contribution is -0.119. The van der Waals surface area contributed by atoms with Gasteiger partial charge in [-0.3, -0.25) is 9.78 Å². The standard InChI is InChI=1S/C18H15ClN6O/c1-11-15(17(26)24-14-3-2-8-20-9-14)16(12-4-6-13(19)7-5-12)25-18(23-11)21-10-22-25/h2-10,15-16H,1H2,(H,24,26)(H,21,22,23). The van der Waals surface area contributed by atoms with Crippen LogP contribution in [-0.4, -0.2) is 25.7 Å². The highest BCUT2D eigenvalue weighted by Gasteiger charge is 2.39. The lowest BCUT2D eigenvalue weighted by Crippen LogP contribution is -2.39. The second-order valence-electron chi connectivity index (χ2n) is 5.88. The molecule has 8 heteroatoms. The van der Waals surface area contributed by atoms with E-state index in [1.54, 1.807) is 41.3 Å². The number of halogens is 1. The number of amides is 1. The highest BCUT2D eigenvalue weighted by molar-refractivity contribution is 6.30. The summed E-state index contributed by atoms with van der Waals surface area (Å²) >= 11 is 6.01. The van der Waals surface area contributed by atoms with Gasteiger partial charge in [0.25, 0.3) is 0 Å². The molecular formula is C18H15ClN6O. The summed E-state index contributed by atoms with van der Waals surface area (Å²) in [4.78, 5) is 21.2. The van der Waals surface area contributed by atoms with Crippen molar-refractivity contribution in [2.75, 3.05) is 10.6 Å². The molecule has 0 saturated heterocycles. The van der Waals surface area contributed by atoms with Crippen molar-refractivity contribution in [2.24, 2.45) is 5.92 Å². The van der Waals surface area contributed by atoms with E-state index in [2.05, 4.69) is 32.3 Å². The molecule has 0 fully saturated rings. The number of hydrogen-bond donors (Lipinski definition) is 2. The minimum atomic E-state index is -0.592. The van der Waals surface area contributed by atoms with Gasteiger partial charge in [-0.25, -0.2) is 4.68 Å². The van der Waals surface area contributed by atoms with Crippen LogP contribution < -0.4 is 10.6 Å². The second kappa shape index (κ2) is 6.61. The van der Waals surface area contributed by atoms with E-state index in [0.29, 0.717) is 22.4 Å². The molecule has 2 aromatic heterocycles. The Hall–Kier alpha value is -3.19. The maximum atomic E-state index is 13.0. The second-order valence-corrected chi connectivity index (χ2v) is 6.32. The summed E-state index contributed by atoms with van der Waals surface area (Å²) < 4.78 is 1.69. The Bertz CT molecular complexity index is 953. The first-order chi connectivity index (χ1) is 12.6. The van der Waals surface area contributed by atoms with Crippen molar-refractivity contribution in [2.45, 2.75) is 6.04 Å². The first-order valence-electron chi connectivity index (χ1n) is 7.95. The van der Waals surface area contributed by atoms with Crippen molar-refractivity contribution < 1.29 is 4.79 Å². The number of benzene rings is 1. The van der Waals surface area contributed by atoms with Crippen LogP contribution in [-0.2, 0) is 4.79 Å². The zero-order chi connectivity index (χ0) is 18.1. The molecule has 2 atom stereocenters. The lowest BCUT2D eigenvalue weighted by Gasteiger charge is -2.33. The Kier molecular flexibility index (Phi) is 4.14. The van der Waals surface area contributed by atoms with E-state index in [9.17, 15) is 4.79 Å². The molecule has 4 rings (SSSR count). The van der Waals surface area contributed by atoms with Crippen LogP contribution in [0.2, 0.25) is 5.02 Å². The molecule has 0 aliphatic carbocycles. The van der Waals surface area contributed by atoms with Crippen LogP contribution in [0, 0.1) is 5.92 Å². The summed E-state index contributed by atoms with van der Waals surface area (Å²) in [5.74, 6) is -0.262. The number of hydrogen-bond acceptors (Lipinski definition) is 5. The minimum absolute atomic E-state index is 0.211. The third-order valence-electron chi connectivity index (χ3n) is 4.22. The molecular weight excluding hydrogens is 352 g/mol. The summed E-state index contributed by atoms with van der Waals surface area (Å²) in [5.41, 5.74) is 2.05. The predicted octanol–water partition coefficient (Wildman–Crippen LogP) is 3.11. The molecule has 1 aromatic carbocycles. The number of carbonyl (C=O) groups excluding carboxylic acids is 1. The van der Waals surface area contributed by atoms with Crippen molar-refractivity contribution in [1.29, 1.82) is 0 Å². The number of aromatic nitrogens is 4. The number of nitrogens with one attached hydrogen (secondary N) is 2. The van der Waals surface area contributed by atoms with Crippen LogP contribution in [0.5, 0.6) is 0 Å². The topological polar surface area (TPSA) is 84.7 Å². The van der Waals surface area contributed by atoms with Gasteiger partial charge in [0.2, 0.25) is 11.9 Å². The Morgan fingerprint density at radius 2 is 2.08 bits per heavy atom. The molecule has 7 nitrogen and oxygen atoms in total. The Balaban J connectivity index is 1.74. The largest absolute Gasteiger partial charge is 0.328 e. The van der Waals surface area contributed by atoms with Gasteiger partial charge in [0.1, 0.15) is 12.2 Å². The molecule has 1 amide bonds. The normalized spacial score (nSPS) is 18.7. The quantitative estimate of drug-likeness (QED) is 0.744. The fourth-order valence-electron chi connectivity index (χ4n) is 3.05. The highest BCUT2D eigenvalue weighted by atomic mass is 35.5. The summed E-state index contributed by atoms with van der Waals surface area (Å²) in [5, 5.41) is 10.9. The lowest BCUT2D eigenvalue weighted by atomic mass is 9.88.